The second-order valence-corrected chi connectivity index (χ2v) is 5.40. The Balaban J connectivity index is 3.16. The highest BCUT2D eigenvalue weighted by atomic mass is 32.2. The quantitative estimate of drug-likeness (QED) is 0.820. The Morgan fingerprint density at radius 2 is 2.12 bits per heavy atom. The van der Waals surface area contributed by atoms with E-state index in [1.165, 1.54) is 0 Å². The summed E-state index contributed by atoms with van der Waals surface area (Å²) in [4.78, 5) is 12.0. The summed E-state index contributed by atoms with van der Waals surface area (Å²) in [5, 5.41) is 8.93. The fourth-order valence-electron chi connectivity index (χ4n) is 1.83. The number of rotatable bonds is 5. The van der Waals surface area contributed by atoms with Crippen molar-refractivity contribution in [3.05, 3.63) is 23.8 Å². The smallest absolute Gasteiger partial charge is 0.304 e. The minimum Gasteiger partial charge on any atom is -0.496 e. The summed E-state index contributed by atoms with van der Waals surface area (Å²) in [6.45, 7) is 3.83. The van der Waals surface area contributed by atoms with Crippen LogP contribution in [0, 0.1) is 0 Å². The average molecular weight is 254 g/mol. The van der Waals surface area contributed by atoms with Crippen LogP contribution in [-0.4, -0.2) is 24.4 Å². The Morgan fingerprint density at radius 1 is 1.47 bits per heavy atom. The predicted molar refractivity (Wildman–Crippen MR) is 70.1 cm³/mol. The van der Waals surface area contributed by atoms with Crippen LogP contribution in [0.1, 0.15) is 25.8 Å². The number of carbonyl (C=O) groups is 1. The van der Waals surface area contributed by atoms with Crippen molar-refractivity contribution in [2.45, 2.75) is 30.6 Å². The summed E-state index contributed by atoms with van der Waals surface area (Å²) >= 11 is 1.64. The van der Waals surface area contributed by atoms with Crippen molar-refractivity contribution in [2.24, 2.45) is 0 Å². The Bertz CT molecular complexity index is 413. The lowest BCUT2D eigenvalue weighted by molar-refractivity contribution is -0.138. The maximum absolute atomic E-state index is 10.9. The number of thioether (sulfide) groups is 1. The molecule has 0 saturated heterocycles. The molecule has 0 aromatic heterocycles. The lowest BCUT2D eigenvalue weighted by Crippen LogP contribution is -2.22. The number of hydrogen-bond donors (Lipinski definition) is 1. The highest BCUT2D eigenvalue weighted by Crippen LogP contribution is 2.36. The van der Waals surface area contributed by atoms with Crippen LogP contribution in [-0.2, 0) is 10.2 Å². The van der Waals surface area contributed by atoms with Crippen molar-refractivity contribution in [2.75, 3.05) is 13.4 Å². The molecule has 0 amide bonds. The number of aliphatic carboxylic acids is 1. The highest BCUT2D eigenvalue weighted by Gasteiger charge is 2.27. The molecule has 1 rings (SSSR count). The standard InChI is InChI=1S/C13H18O3S/c1-13(2,8-12(14)15)10-6-5-9(17-4)7-11(10)16-3/h5-7H,8H2,1-4H3,(H,14,15). The van der Waals surface area contributed by atoms with E-state index in [1.54, 1.807) is 18.9 Å². The van der Waals surface area contributed by atoms with E-state index in [2.05, 4.69) is 0 Å². The molecule has 0 aliphatic rings. The summed E-state index contributed by atoms with van der Waals surface area (Å²) < 4.78 is 5.35. The summed E-state index contributed by atoms with van der Waals surface area (Å²) in [6.07, 6.45) is 2.08. The fraction of sp³-hybridized carbons (Fsp3) is 0.462. The Morgan fingerprint density at radius 3 is 2.59 bits per heavy atom. The van der Waals surface area contributed by atoms with E-state index in [0.717, 1.165) is 16.2 Å². The van der Waals surface area contributed by atoms with Crippen LogP contribution in [0.5, 0.6) is 5.75 Å². The van der Waals surface area contributed by atoms with E-state index in [0.29, 0.717) is 0 Å². The number of methoxy groups -OCH3 is 1. The number of ether oxygens (including phenoxy) is 1. The molecule has 0 saturated carbocycles. The molecule has 0 radical (unpaired) electrons. The van der Waals surface area contributed by atoms with Crippen molar-refractivity contribution in [1.82, 2.24) is 0 Å². The van der Waals surface area contributed by atoms with Crippen LogP contribution >= 0.6 is 11.8 Å². The van der Waals surface area contributed by atoms with Gasteiger partial charge in [-0.25, -0.2) is 0 Å². The molecule has 0 atom stereocenters. The summed E-state index contributed by atoms with van der Waals surface area (Å²) in [7, 11) is 1.61. The van der Waals surface area contributed by atoms with Crippen molar-refractivity contribution in [1.29, 1.82) is 0 Å². The Hall–Kier alpha value is -1.16. The molecule has 1 N–H and O–H groups in total. The zero-order valence-corrected chi connectivity index (χ0v) is 11.4. The van der Waals surface area contributed by atoms with Gasteiger partial charge in [0.05, 0.1) is 13.5 Å². The first-order valence-electron chi connectivity index (χ1n) is 5.35. The van der Waals surface area contributed by atoms with Crippen LogP contribution in [0.15, 0.2) is 23.1 Å². The van der Waals surface area contributed by atoms with Gasteiger partial charge >= 0.3 is 5.97 Å². The second kappa shape index (κ2) is 5.45. The van der Waals surface area contributed by atoms with Gasteiger partial charge in [-0.05, 0) is 18.4 Å². The predicted octanol–water partition coefficient (Wildman–Crippen LogP) is 3.17. The van der Waals surface area contributed by atoms with Gasteiger partial charge in [0.15, 0.2) is 0 Å². The van der Waals surface area contributed by atoms with Crippen LogP contribution in [0.4, 0.5) is 0 Å². The summed E-state index contributed by atoms with van der Waals surface area (Å²) in [5.74, 6) is -0.0471. The zero-order valence-electron chi connectivity index (χ0n) is 10.6. The SMILES string of the molecule is COc1cc(SC)ccc1C(C)(C)CC(=O)O. The number of benzene rings is 1. The van der Waals surface area contributed by atoms with E-state index in [-0.39, 0.29) is 6.42 Å². The van der Waals surface area contributed by atoms with Gasteiger partial charge in [-0.3, -0.25) is 4.79 Å². The first kappa shape index (κ1) is 13.9. The van der Waals surface area contributed by atoms with Gasteiger partial charge < -0.3 is 9.84 Å². The number of hydrogen-bond acceptors (Lipinski definition) is 3. The lowest BCUT2D eigenvalue weighted by atomic mass is 9.81. The van der Waals surface area contributed by atoms with Crippen LogP contribution in [0.25, 0.3) is 0 Å². The monoisotopic (exact) mass is 254 g/mol. The van der Waals surface area contributed by atoms with Gasteiger partial charge in [-0.15, -0.1) is 11.8 Å². The maximum atomic E-state index is 10.9. The third-order valence-electron chi connectivity index (χ3n) is 2.73. The molecule has 0 aliphatic carbocycles. The van der Waals surface area contributed by atoms with E-state index in [4.69, 9.17) is 9.84 Å². The molecule has 1 aromatic carbocycles. The van der Waals surface area contributed by atoms with Crippen molar-refractivity contribution in [3.63, 3.8) is 0 Å². The largest absolute Gasteiger partial charge is 0.496 e. The third-order valence-corrected chi connectivity index (χ3v) is 3.46. The molecule has 94 valence electrons. The van der Waals surface area contributed by atoms with Gasteiger partial charge in [0.1, 0.15) is 5.75 Å². The molecule has 0 spiro atoms. The van der Waals surface area contributed by atoms with Crippen molar-refractivity contribution >= 4 is 17.7 Å². The molecule has 4 heteroatoms. The molecule has 0 unspecified atom stereocenters. The summed E-state index contributed by atoms with van der Waals surface area (Å²) in [6, 6.07) is 5.89. The molecule has 3 nitrogen and oxygen atoms in total. The third kappa shape index (κ3) is 3.40. The van der Waals surface area contributed by atoms with E-state index >= 15 is 0 Å². The average Bonchev–Trinajstić information content (AvgIpc) is 2.26. The first-order chi connectivity index (χ1) is 7.90. The number of carboxylic acid groups (broad SMARTS) is 1. The van der Waals surface area contributed by atoms with Gasteiger partial charge in [0.25, 0.3) is 0 Å². The Labute approximate surface area is 106 Å². The van der Waals surface area contributed by atoms with Gasteiger partial charge in [-0.1, -0.05) is 19.9 Å². The molecule has 0 aliphatic heterocycles. The van der Waals surface area contributed by atoms with Crippen LogP contribution < -0.4 is 4.74 Å². The molecule has 0 fully saturated rings. The molecule has 1 aromatic rings. The van der Waals surface area contributed by atoms with Crippen molar-refractivity contribution in [3.8, 4) is 5.75 Å². The molecular weight excluding hydrogens is 236 g/mol. The molecular formula is C13H18O3S. The van der Waals surface area contributed by atoms with Crippen LogP contribution in [0.2, 0.25) is 0 Å². The van der Waals surface area contributed by atoms with Gasteiger partial charge in [0, 0.05) is 15.9 Å². The zero-order chi connectivity index (χ0) is 13.1. The minimum absolute atomic E-state index is 0.0853. The van der Waals surface area contributed by atoms with E-state index in [9.17, 15) is 4.79 Å². The Kier molecular flexibility index (Phi) is 4.46. The topological polar surface area (TPSA) is 46.5 Å². The van der Waals surface area contributed by atoms with Crippen LogP contribution in [0.3, 0.4) is 0 Å². The van der Waals surface area contributed by atoms with Gasteiger partial charge in [-0.2, -0.15) is 0 Å². The molecule has 0 bridgehead atoms. The maximum Gasteiger partial charge on any atom is 0.304 e. The van der Waals surface area contributed by atoms with Gasteiger partial charge in [0.2, 0.25) is 0 Å². The second-order valence-electron chi connectivity index (χ2n) is 4.52. The van der Waals surface area contributed by atoms with Crippen molar-refractivity contribution < 1.29 is 14.6 Å². The first-order valence-corrected chi connectivity index (χ1v) is 6.57. The van der Waals surface area contributed by atoms with E-state index in [1.807, 2.05) is 38.3 Å². The fourth-order valence-corrected chi connectivity index (χ4v) is 2.26. The highest BCUT2D eigenvalue weighted by molar-refractivity contribution is 7.98. The molecule has 17 heavy (non-hydrogen) atoms. The lowest BCUT2D eigenvalue weighted by Gasteiger charge is -2.25. The summed E-state index contributed by atoms with van der Waals surface area (Å²) in [5.41, 5.74) is 0.494. The van der Waals surface area contributed by atoms with E-state index < -0.39 is 11.4 Å². The normalized spacial score (nSPS) is 11.3. The number of carboxylic acids is 1. The minimum atomic E-state index is -0.800. The molecule has 0 heterocycles.